The van der Waals surface area contributed by atoms with Crippen LogP contribution in [0.15, 0.2) is 53.6 Å². The third kappa shape index (κ3) is 2.86. The summed E-state index contributed by atoms with van der Waals surface area (Å²) in [5, 5.41) is 11.4. The molecule has 130 valence electrons. The van der Waals surface area contributed by atoms with Gasteiger partial charge in [0, 0.05) is 16.8 Å². The van der Waals surface area contributed by atoms with Crippen LogP contribution in [0.25, 0.3) is 11.3 Å². The number of anilines is 1. The molecular weight excluding hydrogens is 326 g/mol. The largest absolute Gasteiger partial charge is 0.399 e. The molecule has 1 amide bonds. The van der Waals surface area contributed by atoms with Gasteiger partial charge in [-0.05, 0) is 43.0 Å². The number of nitrogens with one attached hydrogen (secondary N) is 2. The molecule has 0 atom stereocenters. The van der Waals surface area contributed by atoms with E-state index in [0.29, 0.717) is 17.1 Å². The highest BCUT2D eigenvalue weighted by Crippen LogP contribution is 2.33. The molecule has 4 rings (SSSR count). The van der Waals surface area contributed by atoms with Crippen molar-refractivity contribution in [1.82, 2.24) is 15.6 Å². The highest BCUT2D eigenvalue weighted by molar-refractivity contribution is 6.01. The third-order valence-electron chi connectivity index (χ3n) is 4.66. The number of fused-ring (bicyclic) bond motifs is 3. The third-order valence-corrected chi connectivity index (χ3v) is 4.66. The predicted molar refractivity (Wildman–Crippen MR) is 102 cm³/mol. The molecule has 6 nitrogen and oxygen atoms in total. The molecule has 0 fully saturated rings. The van der Waals surface area contributed by atoms with Gasteiger partial charge in [0.05, 0.1) is 11.4 Å². The smallest absolute Gasteiger partial charge is 0.289 e. The van der Waals surface area contributed by atoms with Crippen LogP contribution in [0.2, 0.25) is 0 Å². The first-order chi connectivity index (χ1) is 12.6. The van der Waals surface area contributed by atoms with Crippen molar-refractivity contribution in [2.45, 2.75) is 19.8 Å². The van der Waals surface area contributed by atoms with E-state index in [-0.39, 0.29) is 5.91 Å². The van der Waals surface area contributed by atoms with Crippen LogP contribution in [-0.4, -0.2) is 21.8 Å². The van der Waals surface area contributed by atoms with Gasteiger partial charge in [-0.15, -0.1) is 0 Å². The van der Waals surface area contributed by atoms with Crippen molar-refractivity contribution in [2.24, 2.45) is 5.10 Å². The lowest BCUT2D eigenvalue weighted by Crippen LogP contribution is -2.21. The number of nitrogens with two attached hydrogens (primary N) is 1. The van der Waals surface area contributed by atoms with E-state index in [1.807, 2.05) is 37.3 Å². The topological polar surface area (TPSA) is 96.2 Å². The summed E-state index contributed by atoms with van der Waals surface area (Å²) in [5.74, 6) is -0.284. The second kappa shape index (κ2) is 6.48. The number of benzene rings is 2. The Balaban J connectivity index is 1.56. The first kappa shape index (κ1) is 16.1. The van der Waals surface area contributed by atoms with Crippen molar-refractivity contribution in [3.8, 4) is 11.3 Å². The van der Waals surface area contributed by atoms with Gasteiger partial charge in [-0.1, -0.05) is 36.4 Å². The van der Waals surface area contributed by atoms with Gasteiger partial charge in [-0.2, -0.15) is 10.2 Å². The van der Waals surface area contributed by atoms with E-state index in [2.05, 4.69) is 26.8 Å². The molecular formula is C20H19N5O. The van der Waals surface area contributed by atoms with E-state index in [1.54, 1.807) is 12.1 Å². The van der Waals surface area contributed by atoms with Gasteiger partial charge in [-0.25, -0.2) is 5.43 Å². The number of carbonyl (C=O) groups is 1. The molecule has 0 unspecified atom stereocenters. The number of nitrogen functional groups attached to an aromatic ring is 1. The highest BCUT2D eigenvalue weighted by atomic mass is 16.2. The first-order valence-electron chi connectivity index (χ1n) is 8.49. The van der Waals surface area contributed by atoms with Crippen LogP contribution >= 0.6 is 0 Å². The summed E-state index contributed by atoms with van der Waals surface area (Å²) in [6.45, 7) is 1.84. The number of hydrogen-bond donors (Lipinski definition) is 3. The van der Waals surface area contributed by atoms with Crippen LogP contribution < -0.4 is 11.2 Å². The molecule has 1 aliphatic rings. The molecule has 4 N–H and O–H groups in total. The Labute approximate surface area is 151 Å². The monoisotopic (exact) mass is 345 g/mol. The summed E-state index contributed by atoms with van der Waals surface area (Å²) in [4.78, 5) is 12.6. The molecule has 0 saturated heterocycles. The molecule has 0 bridgehead atoms. The van der Waals surface area contributed by atoms with Crippen LogP contribution in [0.3, 0.4) is 0 Å². The maximum absolute atomic E-state index is 12.6. The fraction of sp³-hybridized carbons (Fsp3) is 0.150. The number of rotatable bonds is 3. The second-order valence-electron chi connectivity index (χ2n) is 6.34. The van der Waals surface area contributed by atoms with Gasteiger partial charge in [0.1, 0.15) is 5.69 Å². The zero-order valence-electron chi connectivity index (χ0n) is 14.4. The normalized spacial score (nSPS) is 13.0. The fourth-order valence-electron chi connectivity index (χ4n) is 3.23. The first-order valence-corrected chi connectivity index (χ1v) is 8.49. The summed E-state index contributed by atoms with van der Waals surface area (Å²) in [6.07, 6.45) is 1.68. The van der Waals surface area contributed by atoms with E-state index in [1.165, 1.54) is 5.56 Å². The van der Waals surface area contributed by atoms with Gasteiger partial charge in [-0.3, -0.25) is 9.89 Å². The van der Waals surface area contributed by atoms with Gasteiger partial charge >= 0.3 is 0 Å². The van der Waals surface area contributed by atoms with Crippen molar-refractivity contribution in [3.63, 3.8) is 0 Å². The molecule has 0 saturated carbocycles. The maximum Gasteiger partial charge on any atom is 0.289 e. The molecule has 1 aromatic heterocycles. The van der Waals surface area contributed by atoms with E-state index in [0.717, 1.165) is 35.2 Å². The molecule has 0 spiro atoms. The number of aromatic amines is 1. The summed E-state index contributed by atoms with van der Waals surface area (Å²) in [7, 11) is 0. The van der Waals surface area contributed by atoms with Crippen molar-refractivity contribution >= 4 is 17.3 Å². The number of amides is 1. The predicted octanol–water partition coefficient (Wildman–Crippen LogP) is 2.91. The van der Waals surface area contributed by atoms with Crippen molar-refractivity contribution in [1.29, 1.82) is 0 Å². The number of hydrogen-bond acceptors (Lipinski definition) is 4. The van der Waals surface area contributed by atoms with Crippen molar-refractivity contribution in [2.75, 3.05) is 5.73 Å². The Hall–Kier alpha value is -3.41. The molecule has 26 heavy (non-hydrogen) atoms. The number of hydrazone groups is 1. The summed E-state index contributed by atoms with van der Waals surface area (Å²) < 4.78 is 0. The molecule has 3 aromatic rings. The highest BCUT2D eigenvalue weighted by Gasteiger charge is 2.24. The zero-order valence-corrected chi connectivity index (χ0v) is 14.4. The average molecular weight is 345 g/mol. The van der Waals surface area contributed by atoms with Crippen molar-refractivity contribution < 1.29 is 4.79 Å². The van der Waals surface area contributed by atoms with Gasteiger partial charge in [0.15, 0.2) is 0 Å². The number of nitrogens with zero attached hydrogens (tertiary/aromatic N) is 2. The quantitative estimate of drug-likeness (QED) is 0.387. The standard InChI is InChI=1S/C20H19N5O/c1-12(13-6-9-15(21)10-7-13)22-25-20(26)19-17-11-8-14-4-2-3-5-16(14)18(17)23-24-19/h2-7,9-10H,8,11,21H2,1H3,(H,23,24)(H,25,26). The van der Waals surface area contributed by atoms with Gasteiger partial charge in [0.25, 0.3) is 5.91 Å². The molecule has 2 aromatic carbocycles. The Morgan fingerprint density at radius 1 is 1.15 bits per heavy atom. The minimum absolute atomic E-state index is 0.284. The van der Waals surface area contributed by atoms with Crippen LogP contribution in [-0.2, 0) is 12.8 Å². The number of aromatic nitrogens is 2. The lowest BCUT2D eigenvalue weighted by atomic mass is 9.89. The lowest BCUT2D eigenvalue weighted by molar-refractivity contribution is 0.0949. The number of aryl methyl sites for hydroxylation is 1. The van der Waals surface area contributed by atoms with Crippen LogP contribution in [0.5, 0.6) is 0 Å². The average Bonchev–Trinajstić information content (AvgIpc) is 3.11. The second-order valence-corrected chi connectivity index (χ2v) is 6.34. The number of H-pyrrole nitrogens is 1. The number of carbonyl (C=O) groups excluding carboxylic acids is 1. The molecule has 1 aliphatic carbocycles. The molecule has 1 heterocycles. The maximum atomic E-state index is 12.6. The van der Waals surface area contributed by atoms with Crippen LogP contribution in [0.1, 0.15) is 34.1 Å². The van der Waals surface area contributed by atoms with Crippen molar-refractivity contribution in [3.05, 3.63) is 70.9 Å². The zero-order chi connectivity index (χ0) is 18.1. The minimum Gasteiger partial charge on any atom is -0.399 e. The SMILES string of the molecule is CC(=NNC(=O)c1[nH]nc2c1CCc1ccccc1-2)c1ccc(N)cc1. The Morgan fingerprint density at radius 3 is 2.73 bits per heavy atom. The minimum atomic E-state index is -0.284. The lowest BCUT2D eigenvalue weighted by Gasteiger charge is -2.15. The van der Waals surface area contributed by atoms with E-state index < -0.39 is 0 Å². The summed E-state index contributed by atoms with van der Waals surface area (Å²) >= 11 is 0. The molecule has 0 aliphatic heterocycles. The van der Waals surface area contributed by atoms with Gasteiger partial charge in [0.2, 0.25) is 0 Å². The summed E-state index contributed by atoms with van der Waals surface area (Å²) in [5.41, 5.74) is 15.2. The van der Waals surface area contributed by atoms with E-state index in [4.69, 9.17) is 5.73 Å². The fourth-order valence-corrected chi connectivity index (χ4v) is 3.23. The van der Waals surface area contributed by atoms with Crippen LogP contribution in [0, 0.1) is 0 Å². The van der Waals surface area contributed by atoms with E-state index >= 15 is 0 Å². The van der Waals surface area contributed by atoms with Gasteiger partial charge < -0.3 is 5.73 Å². The Kier molecular flexibility index (Phi) is 4.01. The Morgan fingerprint density at radius 2 is 1.92 bits per heavy atom. The Bertz CT molecular complexity index is 1000. The van der Waals surface area contributed by atoms with Crippen LogP contribution in [0.4, 0.5) is 5.69 Å². The molecule has 0 radical (unpaired) electrons. The molecule has 6 heteroatoms. The summed E-state index contributed by atoms with van der Waals surface area (Å²) in [6, 6.07) is 15.5. The van der Waals surface area contributed by atoms with E-state index in [9.17, 15) is 4.79 Å².